The normalized spacial score (nSPS) is 13.1. The van der Waals surface area contributed by atoms with Crippen LogP contribution in [0.2, 0.25) is 0 Å². The Hall–Kier alpha value is -1.43. The zero-order chi connectivity index (χ0) is 13.0. The average Bonchev–Trinajstić information content (AvgIpc) is 2.75. The van der Waals surface area contributed by atoms with Crippen LogP contribution >= 0.6 is 0 Å². The van der Waals surface area contributed by atoms with Crippen molar-refractivity contribution >= 4 is 5.65 Å². The van der Waals surface area contributed by atoms with Gasteiger partial charge in [0.15, 0.2) is 0 Å². The number of aryl methyl sites for hydroxylation is 1. The van der Waals surface area contributed by atoms with E-state index in [1.807, 2.05) is 31.5 Å². The third-order valence-electron chi connectivity index (χ3n) is 2.85. The molecule has 98 valence electrons. The van der Waals surface area contributed by atoms with Gasteiger partial charge in [-0.2, -0.15) is 0 Å². The van der Waals surface area contributed by atoms with E-state index < -0.39 is 6.10 Å². The van der Waals surface area contributed by atoms with Crippen LogP contribution in [0.25, 0.3) is 5.65 Å². The van der Waals surface area contributed by atoms with E-state index in [-0.39, 0.29) is 0 Å². The van der Waals surface area contributed by atoms with Crippen LogP contribution in [-0.2, 0) is 11.3 Å². The zero-order valence-corrected chi connectivity index (χ0v) is 10.8. The third kappa shape index (κ3) is 2.87. The second-order valence-corrected chi connectivity index (χ2v) is 4.37. The maximum absolute atomic E-state index is 9.53. The summed E-state index contributed by atoms with van der Waals surface area (Å²) in [6.07, 6.45) is 3.38. The summed E-state index contributed by atoms with van der Waals surface area (Å²) in [7, 11) is 1.58. The van der Waals surface area contributed by atoms with Crippen molar-refractivity contribution in [3.63, 3.8) is 0 Å². The van der Waals surface area contributed by atoms with Gasteiger partial charge in [0.1, 0.15) is 5.65 Å². The van der Waals surface area contributed by atoms with Gasteiger partial charge in [0.05, 0.1) is 24.6 Å². The van der Waals surface area contributed by atoms with Gasteiger partial charge in [-0.25, -0.2) is 4.98 Å². The van der Waals surface area contributed by atoms with Gasteiger partial charge in [0.25, 0.3) is 0 Å². The Balaban J connectivity index is 1.98. The number of hydrogen-bond acceptors (Lipinski definition) is 4. The quantitative estimate of drug-likeness (QED) is 0.793. The second-order valence-electron chi connectivity index (χ2n) is 4.37. The number of methoxy groups -OCH3 is 1. The Morgan fingerprint density at radius 1 is 1.56 bits per heavy atom. The number of nitrogens with zero attached hydrogens (tertiary/aromatic N) is 2. The number of hydrogen-bond donors (Lipinski definition) is 2. The number of ether oxygens (including phenoxy) is 1. The van der Waals surface area contributed by atoms with Crippen LogP contribution in [0.15, 0.2) is 24.5 Å². The Morgan fingerprint density at radius 3 is 3.17 bits per heavy atom. The van der Waals surface area contributed by atoms with Gasteiger partial charge in [-0.1, -0.05) is 6.07 Å². The molecule has 0 aliphatic rings. The van der Waals surface area contributed by atoms with E-state index in [0.717, 1.165) is 16.9 Å². The van der Waals surface area contributed by atoms with Gasteiger partial charge in [0.2, 0.25) is 0 Å². The fraction of sp³-hybridized carbons (Fsp3) is 0.462. The van der Waals surface area contributed by atoms with Crippen LogP contribution < -0.4 is 5.32 Å². The average molecular weight is 249 g/mol. The highest BCUT2D eigenvalue weighted by molar-refractivity contribution is 5.48. The van der Waals surface area contributed by atoms with Crippen molar-refractivity contribution < 1.29 is 9.84 Å². The van der Waals surface area contributed by atoms with Crippen LogP contribution in [-0.4, -0.2) is 40.9 Å². The van der Waals surface area contributed by atoms with E-state index in [2.05, 4.69) is 14.7 Å². The van der Waals surface area contributed by atoms with Crippen LogP contribution in [0.1, 0.15) is 11.3 Å². The Morgan fingerprint density at radius 2 is 2.39 bits per heavy atom. The number of fused-ring (bicyclic) bond motifs is 1. The van der Waals surface area contributed by atoms with Crippen LogP contribution in [0.4, 0.5) is 0 Å². The molecule has 2 N–H and O–H groups in total. The summed E-state index contributed by atoms with van der Waals surface area (Å²) in [4.78, 5) is 4.39. The summed E-state index contributed by atoms with van der Waals surface area (Å²) in [5, 5.41) is 12.7. The molecule has 1 atom stereocenters. The van der Waals surface area contributed by atoms with Crippen LogP contribution in [0.5, 0.6) is 0 Å². The van der Waals surface area contributed by atoms with Crippen molar-refractivity contribution in [2.24, 2.45) is 0 Å². The monoisotopic (exact) mass is 249 g/mol. The number of imidazole rings is 1. The molecule has 0 fully saturated rings. The van der Waals surface area contributed by atoms with E-state index in [1.165, 1.54) is 0 Å². The standard InChI is InChI=1S/C13H19N3O2/c1-10-4-3-5-16-11(7-15-13(10)16)6-14-8-12(17)9-18-2/h3-5,7,12,14,17H,6,8-9H2,1-2H3. The minimum Gasteiger partial charge on any atom is -0.389 e. The predicted molar refractivity (Wildman–Crippen MR) is 69.5 cm³/mol. The largest absolute Gasteiger partial charge is 0.389 e. The van der Waals surface area contributed by atoms with E-state index in [9.17, 15) is 5.11 Å². The van der Waals surface area contributed by atoms with Gasteiger partial charge in [-0.15, -0.1) is 0 Å². The first kappa shape index (κ1) is 13.0. The SMILES string of the molecule is COCC(O)CNCc1cnc2c(C)cccn12. The van der Waals surface area contributed by atoms with Crippen LogP contribution in [0.3, 0.4) is 0 Å². The summed E-state index contributed by atoms with van der Waals surface area (Å²) in [6.45, 7) is 3.57. The number of nitrogens with one attached hydrogen (secondary N) is 1. The summed E-state index contributed by atoms with van der Waals surface area (Å²) < 4.78 is 6.93. The lowest BCUT2D eigenvalue weighted by Crippen LogP contribution is -2.29. The molecule has 0 aliphatic heterocycles. The fourth-order valence-electron chi connectivity index (χ4n) is 1.95. The minimum atomic E-state index is -0.476. The topological polar surface area (TPSA) is 58.8 Å². The molecule has 5 nitrogen and oxygen atoms in total. The molecule has 18 heavy (non-hydrogen) atoms. The molecule has 0 saturated heterocycles. The molecule has 0 bridgehead atoms. The highest BCUT2D eigenvalue weighted by Gasteiger charge is 2.06. The van der Waals surface area contributed by atoms with E-state index >= 15 is 0 Å². The molecule has 0 aromatic carbocycles. The van der Waals surface area contributed by atoms with Crippen molar-refractivity contribution in [1.29, 1.82) is 0 Å². The van der Waals surface area contributed by atoms with E-state index in [1.54, 1.807) is 7.11 Å². The lowest BCUT2D eigenvalue weighted by molar-refractivity contribution is 0.0643. The second kappa shape index (κ2) is 5.95. The van der Waals surface area contributed by atoms with Crippen molar-refractivity contribution in [1.82, 2.24) is 14.7 Å². The van der Waals surface area contributed by atoms with Gasteiger partial charge in [-0.05, 0) is 18.6 Å². The molecule has 0 aliphatic carbocycles. The summed E-state index contributed by atoms with van der Waals surface area (Å²) >= 11 is 0. The summed E-state index contributed by atoms with van der Waals surface area (Å²) in [6, 6.07) is 4.05. The summed E-state index contributed by atoms with van der Waals surface area (Å²) in [5.41, 5.74) is 3.22. The molecule has 0 radical (unpaired) electrons. The highest BCUT2D eigenvalue weighted by Crippen LogP contribution is 2.10. The van der Waals surface area contributed by atoms with Crippen LogP contribution in [0, 0.1) is 6.92 Å². The first-order valence-corrected chi connectivity index (χ1v) is 6.01. The molecule has 2 heterocycles. The number of aliphatic hydroxyl groups is 1. The van der Waals surface area contributed by atoms with Crippen molar-refractivity contribution in [2.75, 3.05) is 20.3 Å². The molecule has 2 aromatic rings. The maximum Gasteiger partial charge on any atom is 0.139 e. The molecule has 0 amide bonds. The first-order chi connectivity index (χ1) is 8.72. The molecular formula is C13H19N3O2. The molecule has 5 heteroatoms. The van der Waals surface area contributed by atoms with Crippen molar-refractivity contribution in [3.05, 3.63) is 35.8 Å². The van der Waals surface area contributed by atoms with Gasteiger partial charge >= 0.3 is 0 Å². The molecule has 0 spiro atoms. The number of rotatable bonds is 6. The molecule has 0 saturated carbocycles. The Kier molecular flexibility index (Phi) is 4.30. The minimum absolute atomic E-state index is 0.346. The zero-order valence-electron chi connectivity index (χ0n) is 10.8. The van der Waals surface area contributed by atoms with Gasteiger partial charge in [0, 0.05) is 26.4 Å². The molecule has 2 rings (SSSR count). The molecule has 1 unspecified atom stereocenters. The van der Waals surface area contributed by atoms with E-state index in [0.29, 0.717) is 19.7 Å². The molecular weight excluding hydrogens is 230 g/mol. The lowest BCUT2D eigenvalue weighted by atomic mass is 10.3. The first-order valence-electron chi connectivity index (χ1n) is 6.01. The molecule has 2 aromatic heterocycles. The fourth-order valence-corrected chi connectivity index (χ4v) is 1.95. The summed E-state index contributed by atoms with van der Waals surface area (Å²) in [5.74, 6) is 0. The number of pyridine rings is 1. The van der Waals surface area contributed by atoms with Gasteiger partial charge in [-0.3, -0.25) is 0 Å². The third-order valence-corrected chi connectivity index (χ3v) is 2.85. The Bertz CT molecular complexity index is 510. The Labute approximate surface area is 106 Å². The van der Waals surface area contributed by atoms with E-state index in [4.69, 9.17) is 4.74 Å². The predicted octanol–water partition coefficient (Wildman–Crippen LogP) is 0.740. The lowest BCUT2D eigenvalue weighted by Gasteiger charge is -2.10. The number of aromatic nitrogens is 2. The maximum atomic E-state index is 9.53. The highest BCUT2D eigenvalue weighted by atomic mass is 16.5. The van der Waals surface area contributed by atoms with Crippen molar-refractivity contribution in [3.8, 4) is 0 Å². The smallest absolute Gasteiger partial charge is 0.139 e. The van der Waals surface area contributed by atoms with Gasteiger partial charge < -0.3 is 19.6 Å². The number of aliphatic hydroxyl groups excluding tert-OH is 1. The van der Waals surface area contributed by atoms with Crippen molar-refractivity contribution in [2.45, 2.75) is 19.6 Å².